The third-order valence-electron chi connectivity index (χ3n) is 8.46. The Morgan fingerprint density at radius 1 is 0.971 bits per heavy atom. The summed E-state index contributed by atoms with van der Waals surface area (Å²) in [5.74, 6) is 0.471. The van der Waals surface area contributed by atoms with Crippen LogP contribution in [0.15, 0.2) is 30.3 Å². The summed E-state index contributed by atoms with van der Waals surface area (Å²) in [6.07, 6.45) is 1.58. The molecule has 1 fully saturated rings. The van der Waals surface area contributed by atoms with Crippen molar-refractivity contribution in [2.24, 2.45) is 17.6 Å². The highest BCUT2D eigenvalue weighted by Crippen LogP contribution is 2.45. The van der Waals surface area contributed by atoms with Gasteiger partial charge in [0.1, 0.15) is 6.10 Å². The van der Waals surface area contributed by atoms with Crippen LogP contribution in [0, 0.1) is 11.8 Å². The zero-order valence-electron chi connectivity index (χ0n) is 23.2. The highest BCUT2D eigenvalue weighted by molar-refractivity contribution is 6.74. The van der Waals surface area contributed by atoms with E-state index in [1.54, 1.807) is 0 Å². The molecule has 1 amide bonds. The molecule has 0 aromatic heterocycles. The van der Waals surface area contributed by atoms with Crippen LogP contribution in [0.4, 0.5) is 4.79 Å². The van der Waals surface area contributed by atoms with Gasteiger partial charge in [-0.3, -0.25) is 0 Å². The molecule has 1 aliphatic carbocycles. The number of carbonyl (C=O) groups excluding carboxylic acids is 1. The van der Waals surface area contributed by atoms with Gasteiger partial charge in [0.15, 0.2) is 16.6 Å². The molecule has 4 atom stereocenters. The average Bonchev–Trinajstić information content (AvgIpc) is 3.07. The van der Waals surface area contributed by atoms with Crippen LogP contribution < -0.4 is 5.73 Å². The molecule has 0 saturated heterocycles. The molecule has 34 heavy (non-hydrogen) atoms. The van der Waals surface area contributed by atoms with Crippen molar-refractivity contribution >= 4 is 22.7 Å². The molecule has 0 radical (unpaired) electrons. The Kier molecular flexibility index (Phi) is 9.28. The number of carbonyl (C=O) groups is 1. The van der Waals surface area contributed by atoms with Crippen molar-refractivity contribution in [2.45, 2.75) is 109 Å². The van der Waals surface area contributed by atoms with Crippen LogP contribution in [-0.4, -0.2) is 41.5 Å². The molecule has 1 aromatic carbocycles. The van der Waals surface area contributed by atoms with Crippen LogP contribution in [0.2, 0.25) is 36.3 Å². The monoisotopic (exact) mass is 507 g/mol. The number of hydrogen-bond acceptors (Lipinski definition) is 4. The Morgan fingerprint density at radius 2 is 1.53 bits per heavy atom. The van der Waals surface area contributed by atoms with Gasteiger partial charge >= 0.3 is 6.09 Å². The van der Waals surface area contributed by atoms with Crippen LogP contribution in [-0.2, 0) is 20.0 Å². The van der Waals surface area contributed by atoms with Gasteiger partial charge in [-0.05, 0) is 60.6 Å². The molecule has 1 saturated carbocycles. The maximum Gasteiger partial charge on any atom is 0.404 e. The molecular weight excluding hydrogens is 458 g/mol. The van der Waals surface area contributed by atoms with E-state index in [2.05, 4.69) is 79.9 Å². The van der Waals surface area contributed by atoms with Gasteiger partial charge in [-0.15, -0.1) is 0 Å². The fraction of sp³-hybridized carbons (Fsp3) is 0.741. The second-order valence-electron chi connectivity index (χ2n) is 13.1. The van der Waals surface area contributed by atoms with Gasteiger partial charge in [0.2, 0.25) is 0 Å². The molecule has 5 nitrogen and oxygen atoms in total. The number of rotatable bonds is 9. The highest BCUT2D eigenvalue weighted by Gasteiger charge is 2.47. The van der Waals surface area contributed by atoms with Crippen molar-refractivity contribution < 1.29 is 18.4 Å². The molecule has 0 aliphatic heterocycles. The summed E-state index contributed by atoms with van der Waals surface area (Å²) >= 11 is 0. The maximum absolute atomic E-state index is 11.8. The first-order valence-electron chi connectivity index (χ1n) is 12.7. The molecule has 7 heteroatoms. The molecule has 194 valence electrons. The molecular formula is C27H49NO4Si2. The Hall–Kier alpha value is -1.16. The number of hydrogen-bond donors (Lipinski definition) is 1. The number of primary amides is 1. The van der Waals surface area contributed by atoms with Crippen LogP contribution >= 0.6 is 0 Å². The van der Waals surface area contributed by atoms with E-state index in [9.17, 15) is 4.79 Å². The SMILES string of the molecule is CC(C)(C)[Si](C)(C)OC[C@@H]1C[C@@H](C(Cc2ccccc2)OC(N)=O)C[C@@H]1O[Si](C)(C)C(C)(C)C. The minimum atomic E-state index is -1.97. The van der Waals surface area contributed by atoms with Gasteiger partial charge in [-0.25, -0.2) is 4.79 Å². The first-order valence-corrected chi connectivity index (χ1v) is 18.6. The Morgan fingerprint density at radius 3 is 2.03 bits per heavy atom. The third-order valence-corrected chi connectivity index (χ3v) is 17.5. The van der Waals surface area contributed by atoms with Crippen molar-refractivity contribution in [1.82, 2.24) is 0 Å². The smallest absolute Gasteiger partial charge is 0.404 e. The van der Waals surface area contributed by atoms with Gasteiger partial charge in [0.25, 0.3) is 0 Å². The van der Waals surface area contributed by atoms with Crippen molar-refractivity contribution in [2.75, 3.05) is 6.61 Å². The molecule has 0 bridgehead atoms. The van der Waals surface area contributed by atoms with Crippen molar-refractivity contribution in [3.8, 4) is 0 Å². The van der Waals surface area contributed by atoms with Crippen LogP contribution in [0.25, 0.3) is 0 Å². The van der Waals surface area contributed by atoms with Gasteiger partial charge in [-0.2, -0.15) is 0 Å². The summed E-state index contributed by atoms with van der Waals surface area (Å²) in [7, 11) is -3.85. The van der Waals surface area contributed by atoms with Crippen molar-refractivity contribution in [3.05, 3.63) is 35.9 Å². The lowest BCUT2D eigenvalue weighted by molar-refractivity contribution is 0.0645. The van der Waals surface area contributed by atoms with E-state index < -0.39 is 22.7 Å². The molecule has 1 aliphatic rings. The average molecular weight is 508 g/mol. The Bertz CT molecular complexity index is 799. The molecule has 1 unspecified atom stereocenters. The fourth-order valence-electron chi connectivity index (χ4n) is 4.14. The maximum atomic E-state index is 11.8. The van der Waals surface area contributed by atoms with E-state index in [4.69, 9.17) is 19.3 Å². The highest BCUT2D eigenvalue weighted by atomic mass is 28.4. The van der Waals surface area contributed by atoms with Gasteiger partial charge in [0, 0.05) is 18.9 Å². The summed E-state index contributed by atoms with van der Waals surface area (Å²) in [6, 6.07) is 10.2. The standard InChI is InChI=1S/C27H49NO4Si2/c1-26(2,3)33(7,8)30-19-22-17-21(18-24(22)32-34(9,10)27(4,5)6)23(31-25(28)29)16-20-14-12-11-13-15-20/h11-15,21-24H,16-19H2,1-10H3,(H2,28,29)/t21-,22+,23?,24+/m1/s1. The molecule has 2 N–H and O–H groups in total. The van der Waals surface area contributed by atoms with E-state index in [-0.39, 0.29) is 34.1 Å². The van der Waals surface area contributed by atoms with E-state index in [1.165, 1.54) is 0 Å². The van der Waals surface area contributed by atoms with Crippen molar-refractivity contribution in [1.29, 1.82) is 0 Å². The zero-order chi connectivity index (χ0) is 25.9. The number of amides is 1. The zero-order valence-corrected chi connectivity index (χ0v) is 25.2. The minimum Gasteiger partial charge on any atom is -0.446 e. The lowest BCUT2D eigenvalue weighted by Gasteiger charge is -2.41. The molecule has 0 heterocycles. The first-order chi connectivity index (χ1) is 15.4. The second kappa shape index (κ2) is 10.8. The van der Waals surface area contributed by atoms with Gasteiger partial charge in [0.05, 0.1) is 6.10 Å². The fourth-order valence-corrected chi connectivity index (χ4v) is 6.60. The molecule has 2 rings (SSSR count). The van der Waals surface area contributed by atoms with Crippen LogP contribution in [0.1, 0.15) is 59.9 Å². The normalized spacial score (nSPS) is 23.1. The Balaban J connectivity index is 2.27. The summed E-state index contributed by atoms with van der Waals surface area (Å²) < 4.78 is 19.3. The van der Waals surface area contributed by atoms with E-state index >= 15 is 0 Å². The van der Waals surface area contributed by atoms with Crippen molar-refractivity contribution in [3.63, 3.8) is 0 Å². The predicted molar refractivity (Wildman–Crippen MR) is 146 cm³/mol. The number of ether oxygens (including phenoxy) is 1. The molecule has 0 spiro atoms. The number of nitrogens with two attached hydrogens (primary N) is 1. The first kappa shape index (κ1) is 29.1. The van der Waals surface area contributed by atoms with Crippen LogP contribution in [0.5, 0.6) is 0 Å². The number of benzene rings is 1. The van der Waals surface area contributed by atoms with E-state index in [0.717, 1.165) is 18.4 Å². The summed E-state index contributed by atoms with van der Waals surface area (Å²) in [5.41, 5.74) is 6.65. The summed E-state index contributed by atoms with van der Waals surface area (Å²) in [6.45, 7) is 23.6. The second-order valence-corrected chi connectivity index (χ2v) is 22.7. The Labute approximate surface area is 210 Å². The quantitative estimate of drug-likeness (QED) is 0.361. The van der Waals surface area contributed by atoms with Gasteiger partial charge < -0.3 is 19.3 Å². The summed E-state index contributed by atoms with van der Waals surface area (Å²) in [4.78, 5) is 11.8. The van der Waals surface area contributed by atoms with E-state index in [1.807, 2.05) is 18.2 Å². The lowest BCUT2D eigenvalue weighted by atomic mass is 9.93. The van der Waals surface area contributed by atoms with Gasteiger partial charge in [-0.1, -0.05) is 71.9 Å². The molecule has 1 aromatic rings. The lowest BCUT2D eigenvalue weighted by Crippen LogP contribution is -2.46. The van der Waals surface area contributed by atoms with Crippen LogP contribution in [0.3, 0.4) is 0 Å². The van der Waals surface area contributed by atoms with E-state index in [0.29, 0.717) is 13.0 Å². The summed E-state index contributed by atoms with van der Waals surface area (Å²) in [5, 5.41) is 0.287. The predicted octanol–water partition coefficient (Wildman–Crippen LogP) is 7.13. The largest absolute Gasteiger partial charge is 0.446 e. The third kappa shape index (κ3) is 7.67. The topological polar surface area (TPSA) is 70.8 Å². The minimum absolute atomic E-state index is 0.102.